The van der Waals surface area contributed by atoms with E-state index in [0.717, 1.165) is 53.2 Å². The van der Waals surface area contributed by atoms with Crippen LogP contribution in [0.25, 0.3) is 10.8 Å². The number of hydrogen-bond donors (Lipinski definition) is 1. The average Bonchev–Trinajstić information content (AvgIpc) is 3.13. The largest absolute Gasteiger partial charge is 0.459 e. The zero-order valence-electron chi connectivity index (χ0n) is 14.7. The second-order valence-electron chi connectivity index (χ2n) is 6.16. The van der Waals surface area contributed by atoms with Crippen LogP contribution >= 0.6 is 36.2 Å². The summed E-state index contributed by atoms with van der Waals surface area (Å²) < 4.78 is 5.63. The monoisotopic (exact) mass is 405 g/mol. The molecule has 0 radical (unpaired) electrons. The first-order valence-electron chi connectivity index (χ1n) is 8.06. The van der Waals surface area contributed by atoms with Crippen molar-refractivity contribution in [2.24, 2.45) is 5.92 Å². The summed E-state index contributed by atoms with van der Waals surface area (Å²) in [6.07, 6.45) is 2.25. The summed E-state index contributed by atoms with van der Waals surface area (Å²) in [6.45, 7) is 6.43. The van der Waals surface area contributed by atoms with Crippen molar-refractivity contribution in [3.8, 4) is 10.8 Å². The van der Waals surface area contributed by atoms with Crippen molar-refractivity contribution in [2.45, 2.75) is 26.7 Å². The van der Waals surface area contributed by atoms with Gasteiger partial charge in [-0.3, -0.25) is 4.79 Å². The Kier molecular flexibility index (Phi) is 8.41. The highest BCUT2D eigenvalue weighted by Crippen LogP contribution is 2.31. The van der Waals surface area contributed by atoms with E-state index in [1.807, 2.05) is 37.9 Å². The van der Waals surface area contributed by atoms with Gasteiger partial charge < -0.3 is 14.6 Å². The standard InChI is InChI=1S/C17H23N3O2S.2ClH/c1-11-6-7-14(22-11)16-19-12(2)15(23-16)17(21)20-8-4-5-13(10-20)9-18-3;;/h6-7,13,18H,4-5,8-10H2,1-3H3;2*1H. The number of furan rings is 1. The van der Waals surface area contributed by atoms with Gasteiger partial charge in [-0.2, -0.15) is 0 Å². The van der Waals surface area contributed by atoms with E-state index >= 15 is 0 Å². The Morgan fingerprint density at radius 2 is 2.16 bits per heavy atom. The van der Waals surface area contributed by atoms with E-state index in [2.05, 4.69) is 10.3 Å². The Hall–Kier alpha value is -1.08. The van der Waals surface area contributed by atoms with E-state index in [-0.39, 0.29) is 30.7 Å². The minimum Gasteiger partial charge on any atom is -0.459 e. The van der Waals surface area contributed by atoms with Gasteiger partial charge in [0.1, 0.15) is 10.6 Å². The fraction of sp³-hybridized carbons (Fsp3) is 0.529. The summed E-state index contributed by atoms with van der Waals surface area (Å²) in [6, 6.07) is 3.83. The second kappa shape index (κ2) is 9.57. The second-order valence-corrected chi connectivity index (χ2v) is 7.16. The molecule has 0 saturated carbocycles. The van der Waals surface area contributed by atoms with Crippen LogP contribution in [0.3, 0.4) is 0 Å². The first-order valence-corrected chi connectivity index (χ1v) is 8.88. The zero-order valence-corrected chi connectivity index (χ0v) is 17.2. The van der Waals surface area contributed by atoms with Crippen LogP contribution in [0, 0.1) is 19.8 Å². The molecule has 1 aliphatic heterocycles. The Morgan fingerprint density at radius 1 is 1.40 bits per heavy atom. The molecule has 0 bridgehead atoms. The highest BCUT2D eigenvalue weighted by molar-refractivity contribution is 7.17. The van der Waals surface area contributed by atoms with Gasteiger partial charge in [-0.15, -0.1) is 36.2 Å². The first-order chi connectivity index (χ1) is 11.1. The summed E-state index contributed by atoms with van der Waals surface area (Å²) in [5.41, 5.74) is 0.791. The number of nitrogens with zero attached hydrogens (tertiary/aromatic N) is 2. The fourth-order valence-corrected chi connectivity index (χ4v) is 4.09. The maximum Gasteiger partial charge on any atom is 0.265 e. The maximum absolute atomic E-state index is 12.9. The molecule has 8 heteroatoms. The summed E-state index contributed by atoms with van der Waals surface area (Å²) in [7, 11) is 1.96. The Labute approximate surface area is 165 Å². The molecule has 0 aliphatic carbocycles. The van der Waals surface area contributed by atoms with Crippen LogP contribution in [-0.4, -0.2) is 42.5 Å². The Bertz CT molecular complexity index is 700. The predicted molar refractivity (Wildman–Crippen MR) is 106 cm³/mol. The smallest absolute Gasteiger partial charge is 0.265 e. The SMILES string of the molecule is CNCC1CCCN(C(=O)c2sc(-c3ccc(C)o3)nc2C)C1.Cl.Cl. The van der Waals surface area contributed by atoms with Crippen LogP contribution in [0.1, 0.15) is 34.0 Å². The minimum atomic E-state index is 0. The number of hydrogen-bond acceptors (Lipinski definition) is 5. The number of aromatic nitrogens is 1. The minimum absolute atomic E-state index is 0. The molecule has 1 aliphatic rings. The zero-order chi connectivity index (χ0) is 16.4. The normalized spacial score (nSPS) is 16.9. The number of halogens is 2. The first kappa shape index (κ1) is 22.0. The van der Waals surface area contributed by atoms with Crippen molar-refractivity contribution in [1.29, 1.82) is 0 Å². The molecule has 0 aromatic carbocycles. The number of thiazole rings is 1. The van der Waals surface area contributed by atoms with Gasteiger partial charge in [0.2, 0.25) is 0 Å². The van der Waals surface area contributed by atoms with Crippen molar-refractivity contribution in [1.82, 2.24) is 15.2 Å². The molecule has 2 aromatic rings. The highest BCUT2D eigenvalue weighted by Gasteiger charge is 2.27. The molecule has 0 spiro atoms. The number of aryl methyl sites for hydroxylation is 2. The summed E-state index contributed by atoms with van der Waals surface area (Å²) >= 11 is 1.43. The van der Waals surface area contributed by atoms with Gasteiger partial charge in [0.25, 0.3) is 5.91 Å². The van der Waals surface area contributed by atoms with E-state index in [0.29, 0.717) is 5.92 Å². The number of carbonyl (C=O) groups excluding carboxylic acids is 1. The third kappa shape index (κ3) is 4.97. The number of nitrogens with one attached hydrogen (secondary N) is 1. The molecule has 5 nitrogen and oxygen atoms in total. The third-order valence-electron chi connectivity index (χ3n) is 4.24. The van der Waals surface area contributed by atoms with E-state index in [4.69, 9.17) is 4.42 Å². The summed E-state index contributed by atoms with van der Waals surface area (Å²) in [4.78, 5) is 20.1. The molecule has 1 N–H and O–H groups in total. The van der Waals surface area contributed by atoms with Gasteiger partial charge in [-0.1, -0.05) is 0 Å². The van der Waals surface area contributed by atoms with E-state index in [9.17, 15) is 4.79 Å². The summed E-state index contributed by atoms with van der Waals surface area (Å²) in [5.74, 6) is 2.24. The van der Waals surface area contributed by atoms with Gasteiger partial charge in [-0.25, -0.2) is 4.98 Å². The topological polar surface area (TPSA) is 58.4 Å². The molecule has 25 heavy (non-hydrogen) atoms. The van der Waals surface area contributed by atoms with Crippen molar-refractivity contribution in [3.63, 3.8) is 0 Å². The highest BCUT2D eigenvalue weighted by atomic mass is 35.5. The summed E-state index contributed by atoms with van der Waals surface area (Å²) in [5, 5.41) is 4.00. The average molecular weight is 406 g/mol. The number of piperidine rings is 1. The Balaban J connectivity index is 0.00000156. The van der Waals surface area contributed by atoms with Crippen LogP contribution in [0.15, 0.2) is 16.5 Å². The van der Waals surface area contributed by atoms with Crippen LogP contribution in [0.4, 0.5) is 0 Å². The van der Waals surface area contributed by atoms with Gasteiger partial charge in [-0.05, 0) is 58.3 Å². The third-order valence-corrected chi connectivity index (χ3v) is 5.40. The lowest BCUT2D eigenvalue weighted by Crippen LogP contribution is -2.42. The van der Waals surface area contributed by atoms with Crippen molar-refractivity contribution in [3.05, 3.63) is 28.5 Å². The number of carbonyl (C=O) groups is 1. The van der Waals surface area contributed by atoms with E-state index in [1.165, 1.54) is 17.8 Å². The lowest BCUT2D eigenvalue weighted by Gasteiger charge is -2.32. The molecular weight excluding hydrogens is 381 g/mol. The van der Waals surface area contributed by atoms with Crippen molar-refractivity contribution < 1.29 is 9.21 Å². The lowest BCUT2D eigenvalue weighted by molar-refractivity contribution is 0.0678. The number of rotatable bonds is 4. The van der Waals surface area contributed by atoms with Crippen molar-refractivity contribution in [2.75, 3.05) is 26.7 Å². The maximum atomic E-state index is 12.9. The lowest BCUT2D eigenvalue weighted by atomic mass is 9.98. The quantitative estimate of drug-likeness (QED) is 0.836. The van der Waals surface area contributed by atoms with Crippen molar-refractivity contribution >= 4 is 42.1 Å². The molecule has 140 valence electrons. The van der Waals surface area contributed by atoms with Gasteiger partial charge in [0, 0.05) is 13.1 Å². The van der Waals surface area contributed by atoms with Gasteiger partial charge in [0.15, 0.2) is 10.8 Å². The molecule has 1 saturated heterocycles. The van der Waals surface area contributed by atoms with Crippen LogP contribution in [-0.2, 0) is 0 Å². The molecule has 3 rings (SSSR count). The van der Waals surface area contributed by atoms with E-state index < -0.39 is 0 Å². The number of likely N-dealkylation sites (tertiary alicyclic amines) is 1. The Morgan fingerprint density at radius 3 is 2.80 bits per heavy atom. The molecule has 2 aromatic heterocycles. The van der Waals surface area contributed by atoms with E-state index in [1.54, 1.807) is 0 Å². The molecular formula is C17H25Cl2N3O2S. The molecule has 1 atom stereocenters. The van der Waals surface area contributed by atoms with Crippen LogP contribution in [0.2, 0.25) is 0 Å². The van der Waals surface area contributed by atoms with Gasteiger partial charge >= 0.3 is 0 Å². The predicted octanol–water partition coefficient (Wildman–Crippen LogP) is 3.94. The molecule has 1 unspecified atom stereocenters. The fourth-order valence-electron chi connectivity index (χ4n) is 3.10. The van der Waals surface area contributed by atoms with Crippen LogP contribution in [0.5, 0.6) is 0 Å². The van der Waals surface area contributed by atoms with Gasteiger partial charge in [0.05, 0.1) is 5.69 Å². The van der Waals surface area contributed by atoms with Crippen LogP contribution < -0.4 is 5.32 Å². The number of amides is 1. The molecule has 1 fully saturated rings. The molecule has 3 heterocycles. The molecule has 1 amide bonds.